The van der Waals surface area contributed by atoms with Gasteiger partial charge in [0.05, 0.1) is 0 Å². The molecule has 1 aromatic rings. The summed E-state index contributed by atoms with van der Waals surface area (Å²) in [5.41, 5.74) is 2.71. The van der Waals surface area contributed by atoms with Crippen LogP contribution in [0.25, 0.3) is 0 Å². The summed E-state index contributed by atoms with van der Waals surface area (Å²) in [6.07, 6.45) is 3.28. The first-order valence-corrected chi connectivity index (χ1v) is 8.92. The van der Waals surface area contributed by atoms with Crippen LogP contribution in [0.4, 0.5) is 4.79 Å². The van der Waals surface area contributed by atoms with Crippen molar-refractivity contribution >= 4 is 17.8 Å². The number of urea groups is 1. The third kappa shape index (κ3) is 3.52. The smallest absolute Gasteiger partial charge is 0.322 e. The van der Waals surface area contributed by atoms with Crippen molar-refractivity contribution in [2.75, 3.05) is 0 Å². The van der Waals surface area contributed by atoms with Gasteiger partial charge < -0.3 is 5.32 Å². The number of amides is 4. The monoisotopic (exact) mass is 343 g/mol. The Morgan fingerprint density at radius 2 is 1.92 bits per heavy atom. The van der Waals surface area contributed by atoms with Crippen LogP contribution in [-0.2, 0) is 9.59 Å². The van der Waals surface area contributed by atoms with Gasteiger partial charge in [0.1, 0.15) is 5.54 Å². The quantitative estimate of drug-likeness (QED) is 0.825. The number of imide groups is 1. The van der Waals surface area contributed by atoms with Gasteiger partial charge in [0.2, 0.25) is 5.91 Å². The first kappa shape index (κ1) is 17.5. The SMILES string of the molecule is CC1CCC2(CC1)NC(=O)N(NC(=O)C[C@@H](C)c1ccccc1)C2=O. The van der Waals surface area contributed by atoms with Crippen LogP contribution < -0.4 is 10.7 Å². The summed E-state index contributed by atoms with van der Waals surface area (Å²) in [4.78, 5) is 37.2. The Bertz CT molecular complexity index is 666. The molecule has 6 nitrogen and oxygen atoms in total. The maximum Gasteiger partial charge on any atom is 0.344 e. The minimum absolute atomic E-state index is 0.00598. The van der Waals surface area contributed by atoms with Gasteiger partial charge >= 0.3 is 6.03 Å². The van der Waals surface area contributed by atoms with E-state index in [4.69, 9.17) is 0 Å². The van der Waals surface area contributed by atoms with E-state index < -0.39 is 11.6 Å². The lowest BCUT2D eigenvalue weighted by Crippen LogP contribution is -2.51. The largest absolute Gasteiger partial charge is 0.344 e. The zero-order chi connectivity index (χ0) is 18.0. The van der Waals surface area contributed by atoms with Crippen molar-refractivity contribution in [3.63, 3.8) is 0 Å². The molecule has 1 aliphatic carbocycles. The van der Waals surface area contributed by atoms with E-state index in [0.717, 1.165) is 23.4 Å². The van der Waals surface area contributed by atoms with E-state index >= 15 is 0 Å². The highest BCUT2D eigenvalue weighted by Crippen LogP contribution is 2.35. The predicted molar refractivity (Wildman–Crippen MR) is 93.4 cm³/mol. The van der Waals surface area contributed by atoms with Crippen LogP contribution in [-0.4, -0.2) is 28.4 Å². The van der Waals surface area contributed by atoms with Gasteiger partial charge in [-0.05, 0) is 43.1 Å². The third-order valence-electron chi connectivity index (χ3n) is 5.39. The van der Waals surface area contributed by atoms with E-state index in [0.29, 0.717) is 18.8 Å². The topological polar surface area (TPSA) is 78.5 Å². The average molecular weight is 343 g/mol. The second-order valence-electron chi connectivity index (χ2n) is 7.39. The number of nitrogens with one attached hydrogen (secondary N) is 2. The molecule has 1 spiro atoms. The zero-order valence-electron chi connectivity index (χ0n) is 14.7. The third-order valence-corrected chi connectivity index (χ3v) is 5.39. The summed E-state index contributed by atoms with van der Waals surface area (Å²) in [5.74, 6) is -0.0941. The molecule has 0 aromatic heterocycles. The summed E-state index contributed by atoms with van der Waals surface area (Å²) in [6, 6.07) is 9.17. The fourth-order valence-corrected chi connectivity index (χ4v) is 3.66. The standard InChI is InChI=1S/C19H25N3O3/c1-13-8-10-19(11-9-13)17(24)22(18(25)20-19)21-16(23)12-14(2)15-6-4-3-5-7-15/h3-7,13-14H,8-12H2,1-2H3,(H,20,25)(H,21,23)/t13?,14-,19?/m1/s1. The van der Waals surface area contributed by atoms with Crippen molar-refractivity contribution in [2.45, 2.75) is 57.4 Å². The van der Waals surface area contributed by atoms with Crippen LogP contribution in [0.2, 0.25) is 0 Å². The Hall–Kier alpha value is -2.37. The molecule has 6 heteroatoms. The van der Waals surface area contributed by atoms with E-state index in [1.165, 1.54) is 0 Å². The zero-order valence-corrected chi connectivity index (χ0v) is 14.7. The van der Waals surface area contributed by atoms with Crippen LogP contribution in [0.15, 0.2) is 30.3 Å². The summed E-state index contributed by atoms with van der Waals surface area (Å²) < 4.78 is 0. The molecule has 0 bridgehead atoms. The number of carbonyl (C=O) groups excluding carboxylic acids is 3. The minimum Gasteiger partial charge on any atom is -0.322 e. The highest BCUT2D eigenvalue weighted by atomic mass is 16.2. The van der Waals surface area contributed by atoms with E-state index in [1.807, 2.05) is 37.3 Å². The molecule has 2 fully saturated rings. The molecular weight excluding hydrogens is 318 g/mol. The number of hydrazine groups is 1. The molecule has 134 valence electrons. The van der Waals surface area contributed by atoms with Crippen molar-refractivity contribution in [3.05, 3.63) is 35.9 Å². The number of hydrogen-bond donors (Lipinski definition) is 2. The Kier molecular flexibility index (Phi) is 4.79. The fraction of sp³-hybridized carbons (Fsp3) is 0.526. The first-order valence-electron chi connectivity index (χ1n) is 8.92. The Morgan fingerprint density at radius 1 is 1.28 bits per heavy atom. The molecule has 2 N–H and O–H groups in total. The van der Waals surface area contributed by atoms with Gasteiger partial charge in [0.25, 0.3) is 5.91 Å². The van der Waals surface area contributed by atoms with Gasteiger partial charge in [-0.2, -0.15) is 5.01 Å². The normalized spacial score (nSPS) is 27.3. The lowest BCUT2D eigenvalue weighted by atomic mass is 9.77. The van der Waals surface area contributed by atoms with Crippen molar-refractivity contribution in [1.82, 2.24) is 15.8 Å². The van der Waals surface area contributed by atoms with Gasteiger partial charge in [-0.1, -0.05) is 44.2 Å². The van der Waals surface area contributed by atoms with Crippen molar-refractivity contribution in [2.24, 2.45) is 5.92 Å². The van der Waals surface area contributed by atoms with Crippen LogP contribution >= 0.6 is 0 Å². The Morgan fingerprint density at radius 3 is 2.56 bits per heavy atom. The lowest BCUT2D eigenvalue weighted by molar-refractivity contribution is -0.140. The molecule has 3 rings (SSSR count). The highest BCUT2D eigenvalue weighted by Gasteiger charge is 2.52. The van der Waals surface area contributed by atoms with E-state index in [1.54, 1.807) is 0 Å². The fourth-order valence-electron chi connectivity index (χ4n) is 3.66. The minimum atomic E-state index is -0.831. The van der Waals surface area contributed by atoms with E-state index in [2.05, 4.69) is 17.7 Å². The van der Waals surface area contributed by atoms with Crippen LogP contribution in [0.3, 0.4) is 0 Å². The van der Waals surface area contributed by atoms with Gasteiger partial charge in [-0.15, -0.1) is 0 Å². The molecule has 25 heavy (non-hydrogen) atoms. The Balaban J connectivity index is 1.61. The molecule has 1 heterocycles. The summed E-state index contributed by atoms with van der Waals surface area (Å²) in [7, 11) is 0. The van der Waals surface area contributed by atoms with Crippen molar-refractivity contribution in [1.29, 1.82) is 0 Å². The van der Waals surface area contributed by atoms with Crippen molar-refractivity contribution in [3.8, 4) is 0 Å². The molecular formula is C19H25N3O3. The van der Waals surface area contributed by atoms with Gasteiger partial charge in [0.15, 0.2) is 0 Å². The Labute approximate surface area is 147 Å². The molecule has 1 saturated heterocycles. The maximum absolute atomic E-state index is 12.7. The molecule has 0 radical (unpaired) electrons. The van der Waals surface area contributed by atoms with E-state index in [9.17, 15) is 14.4 Å². The van der Waals surface area contributed by atoms with Crippen LogP contribution in [0, 0.1) is 5.92 Å². The van der Waals surface area contributed by atoms with Crippen LogP contribution in [0.5, 0.6) is 0 Å². The molecule has 1 aromatic carbocycles. The number of carbonyl (C=O) groups is 3. The van der Waals surface area contributed by atoms with Gasteiger partial charge in [-0.3, -0.25) is 15.0 Å². The number of rotatable bonds is 4. The van der Waals surface area contributed by atoms with Crippen LogP contribution in [0.1, 0.15) is 57.4 Å². The second kappa shape index (κ2) is 6.86. The second-order valence-corrected chi connectivity index (χ2v) is 7.39. The molecule has 0 unspecified atom stereocenters. The molecule has 2 aliphatic rings. The lowest BCUT2D eigenvalue weighted by Gasteiger charge is -2.33. The number of hydrogen-bond acceptors (Lipinski definition) is 3. The summed E-state index contributed by atoms with van der Waals surface area (Å²) >= 11 is 0. The first-order chi connectivity index (χ1) is 11.9. The predicted octanol–water partition coefficient (Wildman–Crippen LogP) is 2.71. The summed E-state index contributed by atoms with van der Waals surface area (Å²) in [5, 5.41) is 3.67. The molecule has 1 saturated carbocycles. The number of benzene rings is 1. The van der Waals surface area contributed by atoms with Gasteiger partial charge in [0, 0.05) is 6.42 Å². The molecule has 4 amide bonds. The molecule has 1 atom stereocenters. The van der Waals surface area contributed by atoms with E-state index in [-0.39, 0.29) is 24.2 Å². The molecule has 1 aliphatic heterocycles. The maximum atomic E-state index is 12.7. The summed E-state index contributed by atoms with van der Waals surface area (Å²) in [6.45, 7) is 4.10. The van der Waals surface area contributed by atoms with Gasteiger partial charge in [-0.25, -0.2) is 4.79 Å². The highest BCUT2D eigenvalue weighted by molar-refractivity contribution is 6.08. The van der Waals surface area contributed by atoms with Crippen molar-refractivity contribution < 1.29 is 14.4 Å². The number of nitrogens with zero attached hydrogens (tertiary/aromatic N) is 1. The average Bonchev–Trinajstić information content (AvgIpc) is 2.83.